The minimum absolute atomic E-state index is 0.244. The Hall–Kier alpha value is -3.06. The van der Waals surface area contributed by atoms with Crippen LogP contribution in [-0.2, 0) is 4.79 Å². The molecule has 0 saturated heterocycles. The number of carbonyl (C=O) groups is 2. The number of nitrogens with one attached hydrogen (secondary N) is 2. The lowest BCUT2D eigenvalue weighted by Gasteiger charge is -2.13. The predicted octanol–water partition coefficient (Wildman–Crippen LogP) is 4.62. The number of ether oxygens (including phenoxy) is 2. The van der Waals surface area contributed by atoms with Gasteiger partial charge in [0.05, 0.1) is 16.6 Å². The van der Waals surface area contributed by atoms with Crippen LogP contribution in [0, 0.1) is 0 Å². The van der Waals surface area contributed by atoms with Crippen LogP contribution in [0.1, 0.15) is 30.1 Å². The molecule has 0 fully saturated rings. The summed E-state index contributed by atoms with van der Waals surface area (Å²) in [6.45, 7) is 2.35. The number of hydrogen-bond acceptors (Lipinski definition) is 4. The molecule has 0 aromatic heterocycles. The number of hydrogen-bond donors (Lipinski definition) is 2. The summed E-state index contributed by atoms with van der Waals surface area (Å²) in [6, 6.07) is 18.5. The van der Waals surface area contributed by atoms with Gasteiger partial charge in [0.1, 0.15) is 11.5 Å². The van der Waals surface area contributed by atoms with Gasteiger partial charge in [-0.2, -0.15) is 0 Å². The number of carbonyl (C=O) groups excluding carboxylic acids is 2. The molecule has 0 spiro atoms. The molecule has 0 unspecified atom stereocenters. The number of benzene rings is 3. The number of unbranched alkanes of at least 4 members (excludes halogenated alkanes) is 1. The van der Waals surface area contributed by atoms with Gasteiger partial charge in [0.2, 0.25) is 0 Å². The van der Waals surface area contributed by atoms with E-state index in [9.17, 15) is 9.59 Å². The largest absolute Gasteiger partial charge is 0.493 e. The van der Waals surface area contributed by atoms with Gasteiger partial charge in [0, 0.05) is 0 Å². The standard InChI is InChI=1S/C23H23BrN2O4/c1-2-3-14-29-19-11-7-6-10-18(19)23(28)26-25-21(27)15-30-20-13-12-16-8-4-5-9-17(16)22(20)24/h4-13H,2-3,14-15H2,1H3,(H,25,27)(H,26,28). The van der Waals surface area contributed by atoms with E-state index in [0.29, 0.717) is 23.7 Å². The Morgan fingerprint density at radius 1 is 0.900 bits per heavy atom. The zero-order valence-electron chi connectivity index (χ0n) is 16.6. The lowest BCUT2D eigenvalue weighted by atomic mass is 10.1. The predicted molar refractivity (Wildman–Crippen MR) is 120 cm³/mol. The highest BCUT2D eigenvalue weighted by Gasteiger charge is 2.14. The molecule has 0 aliphatic rings. The third kappa shape index (κ3) is 5.51. The van der Waals surface area contributed by atoms with Gasteiger partial charge in [-0.15, -0.1) is 0 Å². The highest BCUT2D eigenvalue weighted by Crippen LogP contribution is 2.32. The lowest BCUT2D eigenvalue weighted by molar-refractivity contribution is -0.123. The van der Waals surface area contributed by atoms with Crippen molar-refractivity contribution < 1.29 is 19.1 Å². The molecule has 0 saturated carbocycles. The molecule has 0 atom stereocenters. The van der Waals surface area contributed by atoms with E-state index in [2.05, 4.69) is 33.7 Å². The molecule has 0 heterocycles. The Kier molecular flexibility index (Phi) is 7.68. The van der Waals surface area contributed by atoms with Crippen molar-refractivity contribution in [2.45, 2.75) is 19.8 Å². The first-order valence-electron chi connectivity index (χ1n) is 9.71. The van der Waals surface area contributed by atoms with Gasteiger partial charge >= 0.3 is 0 Å². The van der Waals surface area contributed by atoms with Crippen LogP contribution in [0.2, 0.25) is 0 Å². The molecule has 2 amide bonds. The lowest BCUT2D eigenvalue weighted by Crippen LogP contribution is -2.44. The number of fused-ring (bicyclic) bond motifs is 1. The summed E-state index contributed by atoms with van der Waals surface area (Å²) < 4.78 is 12.0. The summed E-state index contributed by atoms with van der Waals surface area (Å²) in [7, 11) is 0. The topological polar surface area (TPSA) is 76.7 Å². The second-order valence-corrected chi connectivity index (χ2v) is 7.38. The van der Waals surface area contributed by atoms with Gasteiger partial charge in [0.15, 0.2) is 6.61 Å². The van der Waals surface area contributed by atoms with Crippen LogP contribution in [0.15, 0.2) is 65.1 Å². The Balaban J connectivity index is 1.54. The summed E-state index contributed by atoms with van der Waals surface area (Å²) in [6.07, 6.45) is 1.89. The van der Waals surface area contributed by atoms with Crippen LogP contribution in [-0.4, -0.2) is 25.0 Å². The molecule has 0 aliphatic carbocycles. The molecular formula is C23H23BrN2O4. The summed E-state index contributed by atoms with van der Waals surface area (Å²) in [5.41, 5.74) is 5.12. The van der Waals surface area contributed by atoms with E-state index in [1.54, 1.807) is 30.3 Å². The molecule has 0 bridgehead atoms. The number of para-hydroxylation sites is 1. The van der Waals surface area contributed by atoms with Crippen LogP contribution in [0.3, 0.4) is 0 Å². The maximum absolute atomic E-state index is 12.4. The first-order chi connectivity index (χ1) is 14.6. The van der Waals surface area contributed by atoms with Crippen molar-refractivity contribution in [1.82, 2.24) is 10.9 Å². The third-order valence-corrected chi connectivity index (χ3v) is 5.21. The SMILES string of the molecule is CCCCOc1ccccc1C(=O)NNC(=O)COc1ccc2ccccc2c1Br. The van der Waals surface area contributed by atoms with Gasteiger partial charge in [0.25, 0.3) is 11.8 Å². The van der Waals surface area contributed by atoms with E-state index in [1.807, 2.05) is 30.3 Å². The second kappa shape index (κ2) is 10.6. The normalized spacial score (nSPS) is 10.5. The quantitative estimate of drug-likeness (QED) is 0.371. The average molecular weight is 471 g/mol. The summed E-state index contributed by atoms with van der Waals surface area (Å²) in [4.78, 5) is 24.5. The van der Waals surface area contributed by atoms with Gasteiger partial charge < -0.3 is 9.47 Å². The summed E-state index contributed by atoms with van der Waals surface area (Å²) in [5, 5.41) is 2.05. The minimum atomic E-state index is -0.479. The van der Waals surface area contributed by atoms with E-state index >= 15 is 0 Å². The molecule has 2 N–H and O–H groups in total. The molecule has 3 rings (SSSR count). The molecule has 156 valence electrons. The van der Waals surface area contributed by atoms with E-state index < -0.39 is 11.8 Å². The molecule has 3 aromatic carbocycles. The van der Waals surface area contributed by atoms with Gasteiger partial charge in [-0.25, -0.2) is 0 Å². The average Bonchev–Trinajstić information content (AvgIpc) is 2.77. The van der Waals surface area contributed by atoms with Gasteiger partial charge in [-0.05, 0) is 51.3 Å². The van der Waals surface area contributed by atoms with E-state index in [4.69, 9.17) is 9.47 Å². The molecule has 6 nitrogen and oxygen atoms in total. The Labute approximate surface area is 183 Å². The maximum atomic E-state index is 12.4. The molecular weight excluding hydrogens is 448 g/mol. The smallest absolute Gasteiger partial charge is 0.276 e. The first kappa shape index (κ1) is 21.6. The highest BCUT2D eigenvalue weighted by molar-refractivity contribution is 9.10. The molecule has 0 radical (unpaired) electrons. The zero-order valence-corrected chi connectivity index (χ0v) is 18.2. The van der Waals surface area contributed by atoms with Crippen molar-refractivity contribution in [3.8, 4) is 11.5 Å². The highest BCUT2D eigenvalue weighted by atomic mass is 79.9. The number of halogens is 1. The van der Waals surface area contributed by atoms with Crippen molar-refractivity contribution in [3.63, 3.8) is 0 Å². The Morgan fingerprint density at radius 2 is 1.67 bits per heavy atom. The monoisotopic (exact) mass is 470 g/mol. The van der Waals surface area contributed by atoms with Crippen LogP contribution in [0.25, 0.3) is 10.8 Å². The van der Waals surface area contributed by atoms with Crippen molar-refractivity contribution >= 4 is 38.5 Å². The fourth-order valence-corrected chi connectivity index (χ4v) is 3.41. The van der Waals surface area contributed by atoms with E-state index in [0.717, 1.165) is 28.1 Å². The zero-order chi connectivity index (χ0) is 21.3. The fraction of sp³-hybridized carbons (Fsp3) is 0.217. The molecule has 7 heteroatoms. The molecule has 0 aliphatic heterocycles. The van der Waals surface area contributed by atoms with Crippen molar-refractivity contribution in [3.05, 3.63) is 70.7 Å². The number of rotatable bonds is 8. The van der Waals surface area contributed by atoms with Gasteiger partial charge in [-0.3, -0.25) is 20.4 Å². The van der Waals surface area contributed by atoms with E-state index in [-0.39, 0.29) is 6.61 Å². The Bertz CT molecular complexity index is 1040. The Morgan fingerprint density at radius 3 is 2.50 bits per heavy atom. The summed E-state index contributed by atoms with van der Waals surface area (Å²) in [5.74, 6) is 0.0917. The van der Waals surface area contributed by atoms with Crippen LogP contribution in [0.4, 0.5) is 0 Å². The fourth-order valence-electron chi connectivity index (χ4n) is 2.80. The first-order valence-corrected chi connectivity index (χ1v) is 10.5. The van der Waals surface area contributed by atoms with Crippen molar-refractivity contribution in [2.75, 3.05) is 13.2 Å². The minimum Gasteiger partial charge on any atom is -0.493 e. The van der Waals surface area contributed by atoms with Crippen molar-refractivity contribution in [2.24, 2.45) is 0 Å². The van der Waals surface area contributed by atoms with Crippen molar-refractivity contribution in [1.29, 1.82) is 0 Å². The van der Waals surface area contributed by atoms with Gasteiger partial charge in [-0.1, -0.05) is 55.8 Å². The number of hydrazine groups is 1. The van der Waals surface area contributed by atoms with Crippen LogP contribution < -0.4 is 20.3 Å². The summed E-state index contributed by atoms with van der Waals surface area (Å²) >= 11 is 3.52. The second-order valence-electron chi connectivity index (χ2n) is 6.59. The third-order valence-electron chi connectivity index (χ3n) is 4.39. The van der Waals surface area contributed by atoms with Crippen LogP contribution >= 0.6 is 15.9 Å². The molecule has 30 heavy (non-hydrogen) atoms. The number of amides is 2. The molecule has 3 aromatic rings. The van der Waals surface area contributed by atoms with Crippen LogP contribution in [0.5, 0.6) is 11.5 Å². The van der Waals surface area contributed by atoms with E-state index in [1.165, 1.54) is 0 Å². The maximum Gasteiger partial charge on any atom is 0.276 e.